The molecule has 3 saturated carbocycles. The zero-order valence-corrected chi connectivity index (χ0v) is 7.79. The van der Waals surface area contributed by atoms with E-state index in [9.17, 15) is 0 Å². The number of hydrogen-bond acceptors (Lipinski definition) is 3. The molecule has 0 aromatic carbocycles. The SMILES string of the molecule is CC1CC2(c3cc(N)on3)CC1C2. The molecule has 0 radical (unpaired) electrons. The van der Waals surface area contributed by atoms with Crippen LogP contribution in [0, 0.1) is 11.8 Å². The third kappa shape index (κ3) is 0.820. The largest absolute Gasteiger partial charge is 0.368 e. The van der Waals surface area contributed by atoms with E-state index < -0.39 is 0 Å². The number of aromatic nitrogens is 1. The molecule has 0 amide bonds. The molecule has 0 saturated heterocycles. The van der Waals surface area contributed by atoms with Crippen LogP contribution in [-0.4, -0.2) is 5.16 Å². The van der Waals surface area contributed by atoms with Gasteiger partial charge in [0.2, 0.25) is 5.88 Å². The second kappa shape index (κ2) is 2.08. The maximum Gasteiger partial charge on any atom is 0.222 e. The molecule has 13 heavy (non-hydrogen) atoms. The van der Waals surface area contributed by atoms with Gasteiger partial charge in [-0.05, 0) is 31.1 Å². The van der Waals surface area contributed by atoms with Gasteiger partial charge in [0.1, 0.15) is 0 Å². The Hall–Kier alpha value is -0.990. The van der Waals surface area contributed by atoms with E-state index in [1.54, 1.807) is 0 Å². The third-order valence-corrected chi connectivity index (χ3v) is 3.90. The van der Waals surface area contributed by atoms with Crippen LogP contribution in [0.2, 0.25) is 0 Å². The summed E-state index contributed by atoms with van der Waals surface area (Å²) in [4.78, 5) is 0. The quantitative estimate of drug-likeness (QED) is 0.715. The topological polar surface area (TPSA) is 52.0 Å². The zero-order valence-electron chi connectivity index (χ0n) is 7.79. The van der Waals surface area contributed by atoms with Crippen molar-refractivity contribution in [2.24, 2.45) is 11.8 Å². The maximum absolute atomic E-state index is 5.53. The molecule has 4 rings (SSSR count). The fourth-order valence-corrected chi connectivity index (χ4v) is 3.15. The molecule has 1 aromatic rings. The molecule has 3 fully saturated rings. The van der Waals surface area contributed by atoms with Crippen molar-refractivity contribution in [1.82, 2.24) is 5.16 Å². The lowest BCUT2D eigenvalue weighted by Gasteiger charge is -2.36. The van der Waals surface area contributed by atoms with Crippen LogP contribution in [0.25, 0.3) is 0 Å². The fraction of sp³-hybridized carbons (Fsp3) is 0.700. The van der Waals surface area contributed by atoms with E-state index >= 15 is 0 Å². The summed E-state index contributed by atoms with van der Waals surface area (Å²) in [5.74, 6) is 2.24. The van der Waals surface area contributed by atoms with Gasteiger partial charge in [-0.15, -0.1) is 0 Å². The minimum Gasteiger partial charge on any atom is -0.368 e. The molecule has 1 atom stereocenters. The van der Waals surface area contributed by atoms with Gasteiger partial charge in [-0.25, -0.2) is 0 Å². The van der Waals surface area contributed by atoms with Crippen molar-refractivity contribution in [3.05, 3.63) is 11.8 Å². The Morgan fingerprint density at radius 3 is 2.77 bits per heavy atom. The van der Waals surface area contributed by atoms with Crippen LogP contribution in [0.1, 0.15) is 31.9 Å². The first-order valence-corrected chi connectivity index (χ1v) is 4.92. The Labute approximate surface area is 77.3 Å². The van der Waals surface area contributed by atoms with Crippen molar-refractivity contribution >= 4 is 5.88 Å². The first-order chi connectivity index (χ1) is 6.20. The van der Waals surface area contributed by atoms with Crippen LogP contribution >= 0.6 is 0 Å². The predicted molar refractivity (Wildman–Crippen MR) is 49.1 cm³/mol. The molecule has 1 heterocycles. The number of fused-ring (bicyclic) bond motifs is 1. The lowest BCUT2D eigenvalue weighted by atomic mass is 9.67. The zero-order chi connectivity index (χ0) is 9.05. The summed E-state index contributed by atoms with van der Waals surface area (Å²) in [6.07, 6.45) is 3.85. The average Bonchev–Trinajstić information content (AvgIpc) is 2.59. The molecule has 2 bridgehead atoms. The molecule has 0 spiro atoms. The number of nitrogens with zero attached hydrogens (tertiary/aromatic N) is 1. The number of rotatable bonds is 1. The van der Waals surface area contributed by atoms with Gasteiger partial charge in [0.25, 0.3) is 0 Å². The smallest absolute Gasteiger partial charge is 0.222 e. The van der Waals surface area contributed by atoms with Gasteiger partial charge in [0.15, 0.2) is 0 Å². The molecule has 70 valence electrons. The second-order valence-corrected chi connectivity index (χ2v) is 4.74. The third-order valence-electron chi connectivity index (χ3n) is 3.90. The van der Waals surface area contributed by atoms with E-state index in [4.69, 9.17) is 10.3 Å². The molecule has 3 aliphatic carbocycles. The summed E-state index contributed by atoms with van der Waals surface area (Å²) < 4.78 is 4.93. The minimum atomic E-state index is 0.338. The first kappa shape index (κ1) is 7.42. The number of hydrogen-bond donors (Lipinski definition) is 1. The van der Waals surface area contributed by atoms with Crippen molar-refractivity contribution in [2.45, 2.75) is 31.6 Å². The van der Waals surface area contributed by atoms with Crippen molar-refractivity contribution in [1.29, 1.82) is 0 Å². The van der Waals surface area contributed by atoms with Gasteiger partial charge in [-0.1, -0.05) is 12.1 Å². The molecule has 3 nitrogen and oxygen atoms in total. The Bertz CT molecular complexity index is 338. The Morgan fingerprint density at radius 2 is 2.31 bits per heavy atom. The minimum absolute atomic E-state index is 0.338. The molecule has 3 heteroatoms. The molecule has 3 aliphatic rings. The number of anilines is 1. The van der Waals surface area contributed by atoms with Gasteiger partial charge < -0.3 is 10.3 Å². The summed E-state index contributed by atoms with van der Waals surface area (Å²) in [5, 5.41) is 4.04. The summed E-state index contributed by atoms with van der Waals surface area (Å²) in [6, 6.07) is 1.90. The molecular formula is C10H14N2O. The van der Waals surface area contributed by atoms with Gasteiger partial charge in [0, 0.05) is 11.5 Å². The lowest BCUT2D eigenvalue weighted by molar-refractivity contribution is 0.217. The van der Waals surface area contributed by atoms with Crippen LogP contribution in [0.15, 0.2) is 10.6 Å². The summed E-state index contributed by atoms with van der Waals surface area (Å²) >= 11 is 0. The molecule has 0 aliphatic heterocycles. The van der Waals surface area contributed by atoms with Gasteiger partial charge in [0.05, 0.1) is 5.69 Å². The Morgan fingerprint density at radius 1 is 1.54 bits per heavy atom. The van der Waals surface area contributed by atoms with Gasteiger partial charge >= 0.3 is 0 Å². The lowest BCUT2D eigenvalue weighted by Crippen LogP contribution is -2.32. The van der Waals surface area contributed by atoms with Crippen LogP contribution in [0.3, 0.4) is 0 Å². The van der Waals surface area contributed by atoms with Crippen molar-refractivity contribution in [3.8, 4) is 0 Å². The number of nitrogen functional groups attached to an aromatic ring is 1. The molecular weight excluding hydrogens is 164 g/mol. The highest BCUT2D eigenvalue weighted by molar-refractivity contribution is 5.33. The van der Waals surface area contributed by atoms with E-state index in [0.29, 0.717) is 11.3 Å². The van der Waals surface area contributed by atoms with Crippen molar-refractivity contribution in [3.63, 3.8) is 0 Å². The first-order valence-electron chi connectivity index (χ1n) is 4.92. The van der Waals surface area contributed by atoms with E-state index in [0.717, 1.165) is 17.5 Å². The monoisotopic (exact) mass is 178 g/mol. The van der Waals surface area contributed by atoms with Crippen molar-refractivity contribution < 1.29 is 4.52 Å². The highest BCUT2D eigenvalue weighted by Gasteiger charge is 2.56. The standard InChI is InChI=1S/C10H14N2O/c1-6-3-10(4-7(6)5-10)8-2-9(11)13-12-8/h2,6-7H,3-5,11H2,1H3. The van der Waals surface area contributed by atoms with E-state index in [1.165, 1.54) is 19.3 Å². The highest BCUT2D eigenvalue weighted by atomic mass is 16.5. The molecule has 2 N–H and O–H groups in total. The van der Waals surface area contributed by atoms with Crippen molar-refractivity contribution in [2.75, 3.05) is 5.73 Å². The maximum atomic E-state index is 5.53. The normalized spacial score (nSPS) is 41.9. The number of nitrogens with two attached hydrogens (primary N) is 1. The van der Waals surface area contributed by atoms with Crippen LogP contribution in [-0.2, 0) is 5.41 Å². The molecule has 1 aromatic heterocycles. The fourth-order valence-electron chi connectivity index (χ4n) is 3.15. The Balaban J connectivity index is 1.95. The Kier molecular flexibility index (Phi) is 1.19. The van der Waals surface area contributed by atoms with Gasteiger partial charge in [-0.2, -0.15) is 0 Å². The second-order valence-electron chi connectivity index (χ2n) is 4.74. The summed E-state index contributed by atoms with van der Waals surface area (Å²) in [5.41, 5.74) is 6.95. The van der Waals surface area contributed by atoms with Crippen LogP contribution in [0.4, 0.5) is 5.88 Å². The van der Waals surface area contributed by atoms with E-state index in [1.807, 2.05) is 6.07 Å². The van der Waals surface area contributed by atoms with Gasteiger partial charge in [-0.3, -0.25) is 0 Å². The van der Waals surface area contributed by atoms with Crippen LogP contribution < -0.4 is 5.73 Å². The molecule has 1 unspecified atom stereocenters. The predicted octanol–water partition coefficient (Wildman–Crippen LogP) is 1.94. The highest BCUT2D eigenvalue weighted by Crippen LogP contribution is 2.62. The van der Waals surface area contributed by atoms with Crippen LogP contribution in [0.5, 0.6) is 0 Å². The van der Waals surface area contributed by atoms with E-state index in [-0.39, 0.29) is 0 Å². The summed E-state index contributed by atoms with van der Waals surface area (Å²) in [7, 11) is 0. The summed E-state index contributed by atoms with van der Waals surface area (Å²) in [6.45, 7) is 2.34. The average molecular weight is 178 g/mol. The van der Waals surface area contributed by atoms with E-state index in [2.05, 4.69) is 12.1 Å².